The Morgan fingerprint density at radius 3 is 2.64 bits per heavy atom. The molecular weight excluding hydrogens is 448 g/mol. The Labute approximate surface area is 215 Å². The lowest BCUT2D eigenvalue weighted by Gasteiger charge is -2.50. The molecule has 0 bridgehead atoms. The Morgan fingerprint density at radius 1 is 1.08 bits per heavy atom. The van der Waals surface area contributed by atoms with E-state index in [0.29, 0.717) is 24.4 Å². The topological polar surface area (TPSA) is 53.0 Å². The van der Waals surface area contributed by atoms with Crippen molar-refractivity contribution in [3.05, 3.63) is 65.2 Å². The number of aliphatic hydroxyl groups excluding tert-OH is 1. The lowest BCUT2D eigenvalue weighted by Crippen LogP contribution is -2.51. The minimum absolute atomic E-state index is 0.149. The van der Waals surface area contributed by atoms with Crippen LogP contribution in [0.25, 0.3) is 0 Å². The molecule has 0 radical (unpaired) electrons. The second-order valence-electron chi connectivity index (χ2n) is 12.0. The molecule has 36 heavy (non-hydrogen) atoms. The molecule has 3 fully saturated rings. The van der Waals surface area contributed by atoms with Crippen LogP contribution in [0.4, 0.5) is 0 Å². The predicted octanol–water partition coefficient (Wildman–Crippen LogP) is 4.48. The van der Waals surface area contributed by atoms with Crippen LogP contribution in [-0.2, 0) is 17.8 Å². The minimum atomic E-state index is -0.522. The van der Waals surface area contributed by atoms with Gasteiger partial charge >= 0.3 is 0 Å². The molecular formula is C31H40N2O3. The summed E-state index contributed by atoms with van der Waals surface area (Å²) in [6.45, 7) is 6.28. The van der Waals surface area contributed by atoms with E-state index in [1.165, 1.54) is 16.7 Å². The van der Waals surface area contributed by atoms with E-state index < -0.39 is 6.10 Å². The van der Waals surface area contributed by atoms with Crippen molar-refractivity contribution in [3.63, 3.8) is 0 Å². The van der Waals surface area contributed by atoms with Gasteiger partial charge in [0.15, 0.2) is 0 Å². The quantitative estimate of drug-likeness (QED) is 0.689. The first-order chi connectivity index (χ1) is 17.4. The van der Waals surface area contributed by atoms with Gasteiger partial charge in [0.05, 0.1) is 12.0 Å². The number of benzene rings is 2. The van der Waals surface area contributed by atoms with Crippen molar-refractivity contribution in [2.75, 3.05) is 33.2 Å². The van der Waals surface area contributed by atoms with Crippen molar-refractivity contribution >= 4 is 5.91 Å². The Bertz CT molecular complexity index is 1100. The molecule has 6 atom stereocenters. The fourth-order valence-electron chi connectivity index (χ4n) is 7.91. The van der Waals surface area contributed by atoms with Crippen LogP contribution in [0.15, 0.2) is 48.5 Å². The van der Waals surface area contributed by atoms with Crippen LogP contribution in [0.1, 0.15) is 55.2 Å². The summed E-state index contributed by atoms with van der Waals surface area (Å²) < 4.78 is 6.12. The summed E-state index contributed by atoms with van der Waals surface area (Å²) in [7, 11) is 2.11. The first-order valence-electron chi connectivity index (χ1n) is 13.9. The molecule has 1 aliphatic heterocycles. The monoisotopic (exact) mass is 488 g/mol. The molecule has 4 unspecified atom stereocenters. The Hall–Kier alpha value is -2.37. The zero-order valence-corrected chi connectivity index (χ0v) is 21.7. The van der Waals surface area contributed by atoms with Gasteiger partial charge in [-0.05, 0) is 91.1 Å². The van der Waals surface area contributed by atoms with Gasteiger partial charge in [-0.25, -0.2) is 0 Å². The van der Waals surface area contributed by atoms with E-state index in [2.05, 4.69) is 49.2 Å². The maximum atomic E-state index is 13.5. The van der Waals surface area contributed by atoms with E-state index in [-0.39, 0.29) is 17.2 Å². The fourth-order valence-corrected chi connectivity index (χ4v) is 7.91. The van der Waals surface area contributed by atoms with E-state index in [9.17, 15) is 9.90 Å². The highest BCUT2D eigenvalue weighted by Gasteiger charge is 2.59. The maximum Gasteiger partial charge on any atom is 0.228 e. The average Bonchev–Trinajstić information content (AvgIpc) is 3.18. The van der Waals surface area contributed by atoms with Crippen molar-refractivity contribution in [3.8, 4) is 5.75 Å². The smallest absolute Gasteiger partial charge is 0.228 e. The molecule has 1 amide bonds. The number of carbonyl (C=O) groups excluding carboxylic acids is 1. The van der Waals surface area contributed by atoms with Gasteiger partial charge in [0.25, 0.3) is 0 Å². The van der Waals surface area contributed by atoms with E-state index in [1.54, 1.807) is 0 Å². The summed E-state index contributed by atoms with van der Waals surface area (Å²) >= 11 is 0. The van der Waals surface area contributed by atoms with Crippen molar-refractivity contribution in [2.45, 2.75) is 57.7 Å². The second kappa shape index (κ2) is 9.50. The van der Waals surface area contributed by atoms with Gasteiger partial charge < -0.3 is 19.6 Å². The highest BCUT2D eigenvalue weighted by atomic mass is 16.5. The molecule has 4 aliphatic rings. The average molecular weight is 489 g/mol. The van der Waals surface area contributed by atoms with Crippen LogP contribution in [0.3, 0.4) is 0 Å². The molecule has 0 aromatic heterocycles. The Morgan fingerprint density at radius 2 is 1.86 bits per heavy atom. The third-order valence-electron chi connectivity index (χ3n) is 10.1. The lowest BCUT2D eigenvalue weighted by atomic mass is 9.55. The summed E-state index contributed by atoms with van der Waals surface area (Å²) in [5.41, 5.74) is 3.93. The number of carbonyl (C=O) groups is 1. The molecule has 2 saturated carbocycles. The third-order valence-corrected chi connectivity index (χ3v) is 10.1. The first-order valence-corrected chi connectivity index (χ1v) is 13.9. The summed E-state index contributed by atoms with van der Waals surface area (Å²) in [6, 6.07) is 17.0. The molecule has 5 heteroatoms. The molecule has 1 heterocycles. The van der Waals surface area contributed by atoms with E-state index in [4.69, 9.17) is 4.74 Å². The molecule has 1 N–H and O–H groups in total. The highest BCUT2D eigenvalue weighted by Crippen LogP contribution is 2.62. The number of nitrogens with zero attached hydrogens (tertiary/aromatic N) is 2. The molecule has 2 aromatic carbocycles. The first kappa shape index (κ1) is 24.0. The molecule has 6 rings (SSSR count). The van der Waals surface area contributed by atoms with Gasteiger partial charge in [-0.2, -0.15) is 0 Å². The van der Waals surface area contributed by atoms with Gasteiger partial charge in [0.2, 0.25) is 5.91 Å². The fraction of sp³-hybridized carbons (Fsp3) is 0.581. The number of piperazine rings is 1. The summed E-state index contributed by atoms with van der Waals surface area (Å²) in [5.74, 6) is 2.39. The normalized spacial score (nSPS) is 34.0. The molecule has 192 valence electrons. The number of amides is 1. The number of fused-ring (bicyclic) bond motifs is 5. The number of likely N-dealkylation sites (N-methyl/N-ethyl adjacent to an activating group) is 1. The van der Waals surface area contributed by atoms with E-state index in [1.807, 2.05) is 23.1 Å². The Kier molecular flexibility index (Phi) is 6.33. The molecule has 5 nitrogen and oxygen atoms in total. The zero-order valence-electron chi connectivity index (χ0n) is 21.7. The predicted molar refractivity (Wildman–Crippen MR) is 141 cm³/mol. The molecule has 0 spiro atoms. The van der Waals surface area contributed by atoms with Crippen LogP contribution in [0, 0.1) is 23.2 Å². The SMILES string of the molecule is CN1CCN(C(=O)C2CC3C4CCc5cc(OCc6ccccc6)ccc5C4CC[C@]3(C)[C@H]2O)CC1. The summed E-state index contributed by atoms with van der Waals surface area (Å²) in [4.78, 5) is 17.8. The standard InChI is InChI=1S/C31H40N2O3/c1-31-13-12-25-24-11-9-23(36-20-21-6-4-3-5-7-21)18-22(24)8-10-26(25)28(31)19-27(29(31)34)30(35)33-16-14-32(2)15-17-33/h3-7,9,11,18,25-29,34H,8,10,12-17,19-20H2,1-2H3/t25?,26?,27?,28?,29-,31-/m0/s1. The van der Waals surface area contributed by atoms with E-state index >= 15 is 0 Å². The van der Waals surface area contributed by atoms with Crippen molar-refractivity contribution < 1.29 is 14.6 Å². The number of hydrogen-bond donors (Lipinski definition) is 1. The van der Waals surface area contributed by atoms with Crippen molar-refractivity contribution in [1.82, 2.24) is 9.80 Å². The van der Waals surface area contributed by atoms with Crippen LogP contribution >= 0.6 is 0 Å². The van der Waals surface area contributed by atoms with Crippen LogP contribution < -0.4 is 4.74 Å². The summed E-state index contributed by atoms with van der Waals surface area (Å²) in [6.07, 6.45) is 4.61. The van der Waals surface area contributed by atoms with Gasteiger partial charge in [0.1, 0.15) is 12.4 Å². The third kappa shape index (κ3) is 4.14. The van der Waals surface area contributed by atoms with Crippen LogP contribution in [0.2, 0.25) is 0 Å². The molecule has 2 aromatic rings. The minimum Gasteiger partial charge on any atom is -0.489 e. The number of hydrogen-bond acceptors (Lipinski definition) is 4. The van der Waals surface area contributed by atoms with Gasteiger partial charge in [-0.3, -0.25) is 4.79 Å². The maximum absolute atomic E-state index is 13.5. The number of rotatable bonds is 4. The van der Waals surface area contributed by atoms with Gasteiger partial charge in [-0.1, -0.05) is 43.3 Å². The number of aryl methyl sites for hydroxylation is 1. The zero-order chi connectivity index (χ0) is 24.9. The largest absolute Gasteiger partial charge is 0.489 e. The molecule has 3 aliphatic carbocycles. The Balaban J connectivity index is 1.17. The number of aliphatic hydroxyl groups is 1. The number of ether oxygens (including phenoxy) is 1. The van der Waals surface area contributed by atoms with Crippen LogP contribution in [-0.4, -0.2) is 60.1 Å². The van der Waals surface area contributed by atoms with Crippen molar-refractivity contribution in [1.29, 1.82) is 0 Å². The summed E-state index contributed by atoms with van der Waals surface area (Å²) in [5, 5.41) is 11.5. The van der Waals surface area contributed by atoms with Gasteiger partial charge in [-0.15, -0.1) is 0 Å². The second-order valence-corrected chi connectivity index (χ2v) is 12.0. The highest BCUT2D eigenvalue weighted by molar-refractivity contribution is 5.80. The van der Waals surface area contributed by atoms with Crippen LogP contribution in [0.5, 0.6) is 5.75 Å². The molecule has 1 saturated heterocycles. The van der Waals surface area contributed by atoms with Crippen molar-refractivity contribution in [2.24, 2.45) is 23.2 Å². The van der Waals surface area contributed by atoms with Gasteiger partial charge in [0, 0.05) is 26.2 Å². The lowest BCUT2D eigenvalue weighted by molar-refractivity contribution is -0.141. The van der Waals surface area contributed by atoms with E-state index in [0.717, 1.165) is 64.0 Å².